The van der Waals surface area contributed by atoms with Crippen molar-refractivity contribution in [1.29, 1.82) is 0 Å². The van der Waals surface area contributed by atoms with Crippen molar-refractivity contribution in [3.63, 3.8) is 0 Å². The number of hydrogen-bond donors (Lipinski definition) is 1. The first-order chi connectivity index (χ1) is 7.77. The van der Waals surface area contributed by atoms with Gasteiger partial charge in [0.05, 0.1) is 17.9 Å². The van der Waals surface area contributed by atoms with E-state index in [9.17, 15) is 0 Å². The lowest BCUT2D eigenvalue weighted by Crippen LogP contribution is -2.20. The van der Waals surface area contributed by atoms with Crippen LogP contribution >= 0.6 is 11.3 Å². The number of rotatable bonds is 4. The predicted molar refractivity (Wildman–Crippen MR) is 65.6 cm³/mol. The van der Waals surface area contributed by atoms with Crippen molar-refractivity contribution < 1.29 is 0 Å². The van der Waals surface area contributed by atoms with Crippen LogP contribution in [0.4, 0.5) is 0 Å². The molecule has 1 N–H and O–H groups in total. The zero-order chi connectivity index (χ0) is 11.5. The molecule has 2 rings (SSSR count). The van der Waals surface area contributed by atoms with Crippen LogP contribution in [0.25, 0.3) is 0 Å². The van der Waals surface area contributed by atoms with Crippen LogP contribution in [-0.2, 0) is 13.5 Å². The molecule has 0 spiro atoms. The highest BCUT2D eigenvalue weighted by atomic mass is 32.1. The second-order valence-electron chi connectivity index (χ2n) is 3.67. The Morgan fingerprint density at radius 1 is 1.56 bits per heavy atom. The van der Waals surface area contributed by atoms with Gasteiger partial charge in [-0.1, -0.05) is 12.1 Å². The first kappa shape index (κ1) is 11.3. The second-order valence-corrected chi connectivity index (χ2v) is 4.62. The Hall–Kier alpha value is -1.20. The minimum Gasteiger partial charge on any atom is -0.307 e. The van der Waals surface area contributed by atoms with Crippen LogP contribution in [0.3, 0.4) is 0 Å². The van der Waals surface area contributed by atoms with Crippen LogP contribution in [0.15, 0.2) is 17.6 Å². The highest BCUT2D eigenvalue weighted by Gasteiger charge is 2.19. The largest absolute Gasteiger partial charge is 0.307 e. The molecule has 0 aliphatic carbocycles. The number of hydrogen-bond acceptors (Lipinski definition) is 4. The Morgan fingerprint density at radius 3 is 2.94 bits per heavy atom. The molecule has 4 nitrogen and oxygen atoms in total. The standard InChI is InChI=1S/C11H16N4S/c1-4-8-5-6-16-11(8)10(12-2)9-7-13-14-15(9)3/h5-7,10,12H,4H2,1-3H3. The molecule has 0 aliphatic rings. The average Bonchev–Trinajstić information content (AvgIpc) is 2.90. The fraction of sp³-hybridized carbons (Fsp3) is 0.455. The van der Waals surface area contributed by atoms with Crippen molar-refractivity contribution in [1.82, 2.24) is 20.3 Å². The molecule has 0 saturated heterocycles. The summed E-state index contributed by atoms with van der Waals surface area (Å²) in [5.74, 6) is 0. The Balaban J connectivity index is 2.40. The molecule has 1 atom stereocenters. The fourth-order valence-electron chi connectivity index (χ4n) is 1.87. The maximum Gasteiger partial charge on any atom is 0.0858 e. The zero-order valence-corrected chi connectivity index (χ0v) is 10.6. The Labute approximate surface area is 99.3 Å². The quantitative estimate of drug-likeness (QED) is 0.879. The van der Waals surface area contributed by atoms with Gasteiger partial charge in [-0.15, -0.1) is 16.4 Å². The Kier molecular flexibility index (Phi) is 3.36. The fourth-order valence-corrected chi connectivity index (χ4v) is 2.98. The van der Waals surface area contributed by atoms with Gasteiger partial charge in [-0.3, -0.25) is 4.68 Å². The summed E-state index contributed by atoms with van der Waals surface area (Å²) in [4.78, 5) is 1.36. The van der Waals surface area contributed by atoms with E-state index in [0.29, 0.717) is 0 Å². The van der Waals surface area contributed by atoms with Crippen molar-refractivity contribution in [3.05, 3.63) is 33.8 Å². The summed E-state index contributed by atoms with van der Waals surface area (Å²) in [7, 11) is 3.89. The molecule has 0 aromatic carbocycles. The average molecular weight is 236 g/mol. The molecule has 1 unspecified atom stereocenters. The summed E-state index contributed by atoms with van der Waals surface area (Å²) in [6, 6.07) is 2.38. The number of nitrogens with one attached hydrogen (secondary N) is 1. The number of nitrogens with zero attached hydrogens (tertiary/aromatic N) is 3. The van der Waals surface area contributed by atoms with E-state index in [2.05, 4.69) is 34.0 Å². The third kappa shape index (κ3) is 1.88. The minimum atomic E-state index is 0.190. The van der Waals surface area contributed by atoms with Gasteiger partial charge in [-0.2, -0.15) is 0 Å². The molecule has 16 heavy (non-hydrogen) atoms. The first-order valence-electron chi connectivity index (χ1n) is 5.36. The van der Waals surface area contributed by atoms with Gasteiger partial charge in [-0.05, 0) is 30.5 Å². The van der Waals surface area contributed by atoms with Gasteiger partial charge in [0.25, 0.3) is 0 Å². The summed E-state index contributed by atoms with van der Waals surface area (Å²) in [6.07, 6.45) is 2.88. The van der Waals surface area contributed by atoms with Crippen LogP contribution in [0.1, 0.15) is 29.1 Å². The highest BCUT2D eigenvalue weighted by molar-refractivity contribution is 7.10. The van der Waals surface area contributed by atoms with Gasteiger partial charge in [0, 0.05) is 11.9 Å². The van der Waals surface area contributed by atoms with Gasteiger partial charge >= 0.3 is 0 Å². The van der Waals surface area contributed by atoms with Crippen LogP contribution < -0.4 is 5.32 Å². The van der Waals surface area contributed by atoms with Crippen LogP contribution in [0.2, 0.25) is 0 Å². The van der Waals surface area contributed by atoms with E-state index in [-0.39, 0.29) is 6.04 Å². The van der Waals surface area contributed by atoms with Gasteiger partial charge in [0.2, 0.25) is 0 Å². The van der Waals surface area contributed by atoms with E-state index in [1.807, 2.05) is 25.0 Å². The monoisotopic (exact) mass is 236 g/mol. The molecule has 2 aromatic rings. The summed E-state index contributed by atoms with van der Waals surface area (Å²) >= 11 is 1.78. The maximum atomic E-state index is 3.98. The predicted octanol–water partition coefficient (Wildman–Crippen LogP) is 1.75. The SMILES string of the molecule is CCc1ccsc1C(NC)c1cnnn1C. The number of thiophene rings is 1. The van der Waals surface area contributed by atoms with E-state index >= 15 is 0 Å². The molecule has 0 aliphatic heterocycles. The molecular formula is C11H16N4S. The first-order valence-corrected chi connectivity index (χ1v) is 6.24. The molecular weight excluding hydrogens is 220 g/mol. The van der Waals surface area contributed by atoms with E-state index in [1.165, 1.54) is 10.4 Å². The van der Waals surface area contributed by atoms with Crippen molar-refractivity contribution in [3.8, 4) is 0 Å². The highest BCUT2D eigenvalue weighted by Crippen LogP contribution is 2.29. The second kappa shape index (κ2) is 4.76. The number of aryl methyl sites for hydroxylation is 2. The third-order valence-electron chi connectivity index (χ3n) is 2.76. The Morgan fingerprint density at radius 2 is 2.38 bits per heavy atom. The van der Waals surface area contributed by atoms with Gasteiger partial charge in [-0.25, -0.2) is 0 Å². The van der Waals surface area contributed by atoms with Crippen molar-refractivity contribution in [2.45, 2.75) is 19.4 Å². The maximum absolute atomic E-state index is 3.98. The summed E-state index contributed by atoms with van der Waals surface area (Å²) < 4.78 is 1.82. The van der Waals surface area contributed by atoms with Crippen molar-refractivity contribution >= 4 is 11.3 Å². The van der Waals surface area contributed by atoms with Crippen LogP contribution in [0, 0.1) is 0 Å². The van der Waals surface area contributed by atoms with E-state index in [4.69, 9.17) is 0 Å². The third-order valence-corrected chi connectivity index (χ3v) is 3.78. The van der Waals surface area contributed by atoms with Gasteiger partial charge in [0.1, 0.15) is 0 Å². The van der Waals surface area contributed by atoms with Gasteiger partial charge in [0.15, 0.2) is 0 Å². The summed E-state index contributed by atoms with van der Waals surface area (Å²) in [5.41, 5.74) is 2.49. The molecule has 0 amide bonds. The summed E-state index contributed by atoms with van der Waals surface area (Å²) in [5, 5.41) is 13.4. The molecule has 2 aromatic heterocycles. The normalized spacial score (nSPS) is 12.9. The molecule has 2 heterocycles. The zero-order valence-electron chi connectivity index (χ0n) is 9.77. The molecule has 0 radical (unpaired) electrons. The van der Waals surface area contributed by atoms with E-state index in [1.54, 1.807) is 11.3 Å². The lowest BCUT2D eigenvalue weighted by atomic mass is 10.1. The smallest absolute Gasteiger partial charge is 0.0858 e. The van der Waals surface area contributed by atoms with Crippen molar-refractivity contribution in [2.75, 3.05) is 7.05 Å². The van der Waals surface area contributed by atoms with Gasteiger partial charge < -0.3 is 5.32 Å². The Bertz CT molecular complexity index is 460. The number of aromatic nitrogens is 3. The topological polar surface area (TPSA) is 42.7 Å². The minimum absolute atomic E-state index is 0.190. The molecule has 0 fully saturated rings. The van der Waals surface area contributed by atoms with Crippen LogP contribution in [0.5, 0.6) is 0 Å². The van der Waals surface area contributed by atoms with Crippen LogP contribution in [-0.4, -0.2) is 22.0 Å². The van der Waals surface area contributed by atoms with E-state index in [0.717, 1.165) is 12.1 Å². The molecule has 0 saturated carbocycles. The lowest BCUT2D eigenvalue weighted by molar-refractivity contribution is 0.601. The van der Waals surface area contributed by atoms with E-state index < -0.39 is 0 Å². The molecule has 86 valence electrons. The molecule has 5 heteroatoms. The molecule has 0 bridgehead atoms. The van der Waals surface area contributed by atoms with Crippen molar-refractivity contribution in [2.24, 2.45) is 7.05 Å². The lowest BCUT2D eigenvalue weighted by Gasteiger charge is -2.16. The summed E-state index contributed by atoms with van der Waals surface area (Å²) in [6.45, 7) is 2.18.